The molecule has 3 rings (SSSR count). The topological polar surface area (TPSA) is 67.6 Å². The van der Waals surface area contributed by atoms with Crippen molar-refractivity contribution < 1.29 is 9.53 Å². The molecule has 1 aliphatic rings. The standard InChI is InChI=1S/C23H31N3O2/c1-17(26-14-13-21(24)23(2,3)16-26)22(27)25-19-9-11-20(12-10-19)28-15-18-7-5-4-6-8-18/h4-12,17,21H,13-16,24H2,1-3H3,(H,25,27). The van der Waals surface area contributed by atoms with Crippen molar-refractivity contribution in [2.75, 3.05) is 18.4 Å². The van der Waals surface area contributed by atoms with Gasteiger partial charge in [0.1, 0.15) is 12.4 Å². The average molecular weight is 382 g/mol. The lowest BCUT2D eigenvalue weighted by molar-refractivity contribution is -0.122. The minimum atomic E-state index is -0.194. The highest BCUT2D eigenvalue weighted by Crippen LogP contribution is 2.29. The van der Waals surface area contributed by atoms with Gasteiger partial charge in [0.25, 0.3) is 0 Å². The third-order valence-corrected chi connectivity index (χ3v) is 5.64. The number of likely N-dealkylation sites (tertiary alicyclic amines) is 1. The number of nitrogens with two attached hydrogens (primary N) is 1. The maximum absolute atomic E-state index is 12.7. The quantitative estimate of drug-likeness (QED) is 0.801. The second-order valence-corrected chi connectivity index (χ2v) is 8.32. The summed E-state index contributed by atoms with van der Waals surface area (Å²) in [4.78, 5) is 14.9. The minimum absolute atomic E-state index is 0.00391. The Morgan fingerprint density at radius 3 is 2.54 bits per heavy atom. The van der Waals surface area contributed by atoms with Gasteiger partial charge in [-0.2, -0.15) is 0 Å². The van der Waals surface area contributed by atoms with Crippen molar-refractivity contribution in [2.45, 2.75) is 45.9 Å². The molecule has 0 aliphatic carbocycles. The highest BCUT2D eigenvalue weighted by atomic mass is 16.5. The van der Waals surface area contributed by atoms with Crippen molar-refractivity contribution in [1.29, 1.82) is 0 Å². The molecule has 3 N–H and O–H groups in total. The van der Waals surface area contributed by atoms with Crippen molar-refractivity contribution in [2.24, 2.45) is 11.1 Å². The van der Waals surface area contributed by atoms with E-state index in [1.165, 1.54) is 0 Å². The molecular formula is C23H31N3O2. The first-order valence-electron chi connectivity index (χ1n) is 9.92. The van der Waals surface area contributed by atoms with Crippen LogP contribution in [-0.2, 0) is 11.4 Å². The number of nitrogens with one attached hydrogen (secondary N) is 1. The van der Waals surface area contributed by atoms with E-state index in [4.69, 9.17) is 10.5 Å². The van der Waals surface area contributed by atoms with Gasteiger partial charge in [-0.05, 0) is 48.6 Å². The predicted molar refractivity (Wildman–Crippen MR) is 113 cm³/mol. The van der Waals surface area contributed by atoms with Crippen molar-refractivity contribution >= 4 is 11.6 Å². The SMILES string of the molecule is CC(C(=O)Nc1ccc(OCc2ccccc2)cc1)N1CCC(N)C(C)(C)C1. The molecule has 5 nitrogen and oxygen atoms in total. The average Bonchev–Trinajstić information content (AvgIpc) is 2.69. The van der Waals surface area contributed by atoms with E-state index < -0.39 is 0 Å². The van der Waals surface area contributed by atoms with Crippen LogP contribution in [0.3, 0.4) is 0 Å². The molecule has 150 valence electrons. The van der Waals surface area contributed by atoms with Crippen LogP contribution in [0.5, 0.6) is 5.75 Å². The first kappa shape index (κ1) is 20.4. The van der Waals surface area contributed by atoms with E-state index in [1.807, 2.05) is 61.5 Å². The molecule has 1 saturated heterocycles. The minimum Gasteiger partial charge on any atom is -0.489 e. The Hall–Kier alpha value is -2.37. The molecule has 0 aromatic heterocycles. The molecule has 1 amide bonds. The van der Waals surface area contributed by atoms with E-state index in [-0.39, 0.29) is 23.4 Å². The van der Waals surface area contributed by atoms with Gasteiger partial charge in [-0.25, -0.2) is 0 Å². The Balaban J connectivity index is 1.52. The number of carbonyl (C=O) groups excluding carboxylic acids is 1. The summed E-state index contributed by atoms with van der Waals surface area (Å²) >= 11 is 0. The molecule has 0 bridgehead atoms. The van der Waals surface area contributed by atoms with Gasteiger partial charge < -0.3 is 15.8 Å². The summed E-state index contributed by atoms with van der Waals surface area (Å²) in [6, 6.07) is 17.5. The van der Waals surface area contributed by atoms with Crippen LogP contribution in [0.15, 0.2) is 54.6 Å². The second kappa shape index (κ2) is 8.76. The summed E-state index contributed by atoms with van der Waals surface area (Å²) in [6.45, 7) is 8.50. The zero-order valence-corrected chi connectivity index (χ0v) is 17.0. The van der Waals surface area contributed by atoms with Gasteiger partial charge in [0.15, 0.2) is 0 Å². The fraction of sp³-hybridized carbons (Fsp3) is 0.435. The van der Waals surface area contributed by atoms with Crippen LogP contribution in [0.1, 0.15) is 32.8 Å². The highest BCUT2D eigenvalue weighted by Gasteiger charge is 2.36. The van der Waals surface area contributed by atoms with Gasteiger partial charge in [-0.15, -0.1) is 0 Å². The number of benzene rings is 2. The molecule has 0 saturated carbocycles. The normalized spacial score (nSPS) is 20.4. The van der Waals surface area contributed by atoms with Crippen molar-refractivity contribution in [3.05, 3.63) is 60.2 Å². The Morgan fingerprint density at radius 1 is 1.21 bits per heavy atom. The van der Waals surface area contributed by atoms with E-state index >= 15 is 0 Å². The number of piperidine rings is 1. The molecule has 0 radical (unpaired) electrons. The Kier molecular flexibility index (Phi) is 6.37. The number of rotatable bonds is 6. The summed E-state index contributed by atoms with van der Waals surface area (Å²) in [5, 5.41) is 3.01. The van der Waals surface area contributed by atoms with Crippen molar-refractivity contribution in [3.63, 3.8) is 0 Å². The lowest BCUT2D eigenvalue weighted by Crippen LogP contribution is -2.56. The van der Waals surface area contributed by atoms with Crippen LogP contribution in [-0.4, -0.2) is 36.0 Å². The number of anilines is 1. The maximum atomic E-state index is 12.7. The summed E-state index contributed by atoms with van der Waals surface area (Å²) in [6.07, 6.45) is 0.915. The lowest BCUT2D eigenvalue weighted by atomic mass is 9.79. The van der Waals surface area contributed by atoms with Crippen LogP contribution in [0.25, 0.3) is 0 Å². The molecule has 28 heavy (non-hydrogen) atoms. The van der Waals surface area contributed by atoms with Gasteiger partial charge in [0.05, 0.1) is 6.04 Å². The van der Waals surface area contributed by atoms with Gasteiger partial charge in [0.2, 0.25) is 5.91 Å². The molecule has 2 aromatic rings. The molecule has 0 spiro atoms. The first-order valence-corrected chi connectivity index (χ1v) is 9.92. The zero-order valence-electron chi connectivity index (χ0n) is 17.0. The summed E-state index contributed by atoms with van der Waals surface area (Å²) in [5.41, 5.74) is 8.13. The van der Waals surface area contributed by atoms with E-state index in [9.17, 15) is 4.79 Å². The molecule has 2 aromatic carbocycles. The van der Waals surface area contributed by atoms with E-state index in [2.05, 4.69) is 24.1 Å². The van der Waals surface area contributed by atoms with E-state index in [0.29, 0.717) is 6.61 Å². The van der Waals surface area contributed by atoms with Crippen LogP contribution in [0.2, 0.25) is 0 Å². The number of amides is 1. The monoisotopic (exact) mass is 381 g/mol. The highest BCUT2D eigenvalue weighted by molar-refractivity contribution is 5.94. The third-order valence-electron chi connectivity index (χ3n) is 5.64. The Morgan fingerprint density at radius 2 is 1.89 bits per heavy atom. The van der Waals surface area contributed by atoms with Gasteiger partial charge in [-0.3, -0.25) is 9.69 Å². The molecule has 2 atom stereocenters. The third kappa shape index (κ3) is 5.12. The summed E-state index contributed by atoms with van der Waals surface area (Å²) < 4.78 is 5.79. The fourth-order valence-corrected chi connectivity index (χ4v) is 3.53. The van der Waals surface area contributed by atoms with Gasteiger partial charge in [0, 0.05) is 24.8 Å². The number of nitrogens with zero attached hydrogens (tertiary/aromatic N) is 1. The van der Waals surface area contributed by atoms with E-state index in [1.54, 1.807) is 0 Å². The second-order valence-electron chi connectivity index (χ2n) is 8.32. The fourth-order valence-electron chi connectivity index (χ4n) is 3.53. The number of hydrogen-bond donors (Lipinski definition) is 2. The van der Waals surface area contributed by atoms with Crippen LogP contribution in [0.4, 0.5) is 5.69 Å². The zero-order chi connectivity index (χ0) is 20.1. The molecule has 2 unspecified atom stereocenters. The maximum Gasteiger partial charge on any atom is 0.241 e. The van der Waals surface area contributed by atoms with Crippen LogP contribution < -0.4 is 15.8 Å². The molecule has 1 aliphatic heterocycles. The lowest BCUT2D eigenvalue weighted by Gasteiger charge is -2.44. The van der Waals surface area contributed by atoms with Gasteiger partial charge in [-0.1, -0.05) is 44.2 Å². The summed E-state index contributed by atoms with van der Waals surface area (Å²) in [7, 11) is 0. The first-order chi connectivity index (χ1) is 13.3. The number of hydrogen-bond acceptors (Lipinski definition) is 4. The molecule has 1 heterocycles. The van der Waals surface area contributed by atoms with E-state index in [0.717, 1.165) is 36.5 Å². The number of carbonyl (C=O) groups is 1. The van der Waals surface area contributed by atoms with Crippen molar-refractivity contribution in [1.82, 2.24) is 4.90 Å². The molecule has 5 heteroatoms. The largest absolute Gasteiger partial charge is 0.489 e. The predicted octanol–water partition coefficient (Wildman–Crippen LogP) is 3.65. The smallest absolute Gasteiger partial charge is 0.241 e. The van der Waals surface area contributed by atoms with Crippen LogP contribution >= 0.6 is 0 Å². The molecule has 1 fully saturated rings. The van der Waals surface area contributed by atoms with Crippen molar-refractivity contribution in [3.8, 4) is 5.75 Å². The summed E-state index contributed by atoms with van der Waals surface area (Å²) in [5.74, 6) is 0.783. The number of ether oxygens (including phenoxy) is 1. The molecular weight excluding hydrogens is 350 g/mol. The Labute approximate surface area is 167 Å². The Bertz CT molecular complexity index is 774. The van der Waals surface area contributed by atoms with Crippen LogP contribution in [0, 0.1) is 5.41 Å². The van der Waals surface area contributed by atoms with Gasteiger partial charge >= 0.3 is 0 Å².